The summed E-state index contributed by atoms with van der Waals surface area (Å²) < 4.78 is 2.42. The van der Waals surface area contributed by atoms with E-state index in [9.17, 15) is 0 Å². The van der Waals surface area contributed by atoms with Crippen LogP contribution in [0.4, 0.5) is 0 Å². The largest absolute Gasteiger partial charge is 0.385 e. The van der Waals surface area contributed by atoms with Gasteiger partial charge in [0.05, 0.1) is 29.5 Å². The van der Waals surface area contributed by atoms with Crippen molar-refractivity contribution in [1.29, 1.82) is 0 Å². The summed E-state index contributed by atoms with van der Waals surface area (Å²) in [5.74, 6) is 0. The van der Waals surface area contributed by atoms with E-state index in [0.717, 1.165) is 34.6 Å². The van der Waals surface area contributed by atoms with Gasteiger partial charge in [0.25, 0.3) is 0 Å². The van der Waals surface area contributed by atoms with Crippen LogP contribution in [0, 0.1) is 0 Å². The van der Waals surface area contributed by atoms with Crippen LogP contribution >= 0.6 is 0 Å². The fraction of sp³-hybridized carbons (Fsp3) is 0.0351. The predicted octanol–water partition coefficient (Wildman–Crippen LogP) is 13.8. The minimum atomic E-state index is -0.0586. The van der Waals surface area contributed by atoms with Gasteiger partial charge in [-0.2, -0.15) is 0 Å². The van der Waals surface area contributed by atoms with Crippen molar-refractivity contribution in [2.75, 3.05) is 0 Å². The van der Waals surface area contributed by atoms with Crippen LogP contribution in [0.2, 0.25) is 0 Å². The molecule has 0 spiro atoms. The number of nitrogens with zero attached hydrogens (tertiary/aromatic N) is 2. The summed E-state index contributed by atoms with van der Waals surface area (Å²) in [6.07, 6.45) is 13.0. The van der Waals surface area contributed by atoms with Crippen LogP contribution in [0.5, 0.6) is 0 Å². The molecule has 0 aliphatic carbocycles. The quantitative estimate of drug-likeness (QED) is 0.165. The normalized spacial score (nSPS) is 14.6. The first-order valence-electron chi connectivity index (χ1n) is 21.0. The lowest BCUT2D eigenvalue weighted by molar-refractivity contribution is 0.724. The van der Waals surface area contributed by atoms with E-state index in [-0.39, 0.29) is 6.04 Å². The number of rotatable bonds is 6. The second kappa shape index (κ2) is 14.4. The number of para-hydroxylation sites is 1. The zero-order chi connectivity index (χ0) is 40.3. The van der Waals surface area contributed by atoms with Gasteiger partial charge in [-0.05, 0) is 120 Å². The van der Waals surface area contributed by atoms with E-state index in [0.29, 0.717) is 0 Å². The Morgan fingerprint density at radius 1 is 0.508 bits per heavy atom. The number of nitrogens with one attached hydrogen (secondary N) is 2. The van der Waals surface area contributed by atoms with Crippen molar-refractivity contribution < 1.29 is 0 Å². The molecular weight excluding hydrogens is 741 g/mol. The number of hydrogen-bond donors (Lipinski definition) is 2. The Morgan fingerprint density at radius 3 is 1.89 bits per heavy atom. The highest BCUT2D eigenvalue weighted by Gasteiger charge is 2.22. The minimum Gasteiger partial charge on any atom is -0.385 e. The Bertz CT molecular complexity index is 3390. The van der Waals surface area contributed by atoms with Gasteiger partial charge in [0.15, 0.2) is 0 Å². The van der Waals surface area contributed by atoms with Crippen LogP contribution in [-0.4, -0.2) is 9.55 Å². The fourth-order valence-electron chi connectivity index (χ4n) is 9.65. The Balaban J connectivity index is 0.896. The van der Waals surface area contributed by atoms with Crippen LogP contribution < -0.4 is 10.6 Å². The third kappa shape index (κ3) is 5.95. The van der Waals surface area contributed by atoms with Gasteiger partial charge in [-0.15, -0.1) is 0 Å². The molecule has 0 saturated carbocycles. The number of aromatic nitrogens is 2. The van der Waals surface area contributed by atoms with Crippen molar-refractivity contribution in [3.63, 3.8) is 0 Å². The van der Waals surface area contributed by atoms with Crippen molar-refractivity contribution in [2.24, 2.45) is 0 Å². The molecule has 2 aliphatic heterocycles. The molecule has 0 fully saturated rings. The smallest absolute Gasteiger partial charge is 0.0868 e. The maximum absolute atomic E-state index is 5.09. The van der Waals surface area contributed by atoms with Crippen molar-refractivity contribution in [3.8, 4) is 39.1 Å². The number of dihydropyridines is 1. The molecule has 2 aliphatic rings. The summed E-state index contributed by atoms with van der Waals surface area (Å²) in [5, 5.41) is 15.9. The molecule has 61 heavy (non-hydrogen) atoms. The van der Waals surface area contributed by atoms with E-state index in [2.05, 4.69) is 222 Å². The minimum absolute atomic E-state index is 0.0586. The highest BCUT2D eigenvalue weighted by molar-refractivity contribution is 6.20. The molecule has 4 nitrogen and oxygen atoms in total. The molecule has 10 aromatic rings. The average Bonchev–Trinajstić information content (AvgIpc) is 3.68. The van der Waals surface area contributed by atoms with Crippen LogP contribution in [-0.2, 0) is 6.54 Å². The average molecular weight is 781 g/mol. The maximum Gasteiger partial charge on any atom is 0.0868 e. The first kappa shape index (κ1) is 35.0. The van der Waals surface area contributed by atoms with E-state index in [4.69, 9.17) is 4.98 Å². The molecule has 0 bridgehead atoms. The fourth-order valence-corrected chi connectivity index (χ4v) is 9.65. The molecule has 2 N–H and O–H groups in total. The van der Waals surface area contributed by atoms with E-state index >= 15 is 0 Å². The van der Waals surface area contributed by atoms with E-state index in [1.807, 2.05) is 6.20 Å². The predicted molar refractivity (Wildman–Crippen MR) is 255 cm³/mol. The van der Waals surface area contributed by atoms with Crippen molar-refractivity contribution in [1.82, 2.24) is 20.2 Å². The van der Waals surface area contributed by atoms with E-state index in [1.165, 1.54) is 82.3 Å². The van der Waals surface area contributed by atoms with Gasteiger partial charge in [-0.3, -0.25) is 4.98 Å². The monoisotopic (exact) mass is 780 g/mol. The van der Waals surface area contributed by atoms with Gasteiger partial charge in [0.2, 0.25) is 0 Å². The van der Waals surface area contributed by atoms with Gasteiger partial charge in [0, 0.05) is 34.6 Å². The first-order valence-corrected chi connectivity index (χ1v) is 21.0. The topological polar surface area (TPSA) is 41.9 Å². The van der Waals surface area contributed by atoms with Crippen LogP contribution in [0.25, 0.3) is 93.9 Å². The third-order valence-electron chi connectivity index (χ3n) is 12.5. The molecular formula is C57H40N4. The molecule has 0 amide bonds. The first-order chi connectivity index (χ1) is 30.2. The summed E-state index contributed by atoms with van der Waals surface area (Å²) in [6.45, 7) is 0.767. The molecule has 8 aromatic carbocycles. The molecule has 0 saturated heterocycles. The van der Waals surface area contributed by atoms with Gasteiger partial charge in [-0.1, -0.05) is 152 Å². The highest BCUT2D eigenvalue weighted by Crippen LogP contribution is 2.43. The molecule has 4 heterocycles. The second-order valence-corrected chi connectivity index (χ2v) is 16.0. The zero-order valence-corrected chi connectivity index (χ0v) is 33.4. The second-order valence-electron chi connectivity index (χ2n) is 16.0. The van der Waals surface area contributed by atoms with Gasteiger partial charge < -0.3 is 15.2 Å². The maximum atomic E-state index is 5.09. The number of allylic oxidation sites excluding steroid dienone is 2. The summed E-state index contributed by atoms with van der Waals surface area (Å²) >= 11 is 0. The van der Waals surface area contributed by atoms with E-state index < -0.39 is 0 Å². The summed E-state index contributed by atoms with van der Waals surface area (Å²) in [6, 6.07) is 63.7. The van der Waals surface area contributed by atoms with Gasteiger partial charge in [-0.25, -0.2) is 0 Å². The molecule has 4 heteroatoms. The van der Waals surface area contributed by atoms with E-state index in [1.54, 1.807) is 0 Å². The molecule has 288 valence electrons. The van der Waals surface area contributed by atoms with Crippen LogP contribution in [0.1, 0.15) is 28.6 Å². The molecule has 0 radical (unpaired) electrons. The van der Waals surface area contributed by atoms with Gasteiger partial charge >= 0.3 is 0 Å². The molecule has 1 atom stereocenters. The number of hydrogen-bond acceptors (Lipinski definition) is 3. The SMILES string of the molecule is C1=Cc2c(n(-c3cc(-c4ccccc4)cc(-c4ccc(C5C=CC(c6c7ccccc7c(-c7ccc8ccccc8c7)c7ccccc67)=CN5)nc4)c3)c3ccccc23)CN1. The lowest BCUT2D eigenvalue weighted by Gasteiger charge is -2.22. The zero-order valence-electron chi connectivity index (χ0n) is 33.4. The molecule has 2 aromatic heterocycles. The highest BCUT2D eigenvalue weighted by atomic mass is 15.0. The third-order valence-corrected chi connectivity index (χ3v) is 12.5. The van der Waals surface area contributed by atoms with Crippen molar-refractivity contribution in [2.45, 2.75) is 12.6 Å². The Hall–Kier alpha value is -7.95. The van der Waals surface area contributed by atoms with Crippen LogP contribution in [0.3, 0.4) is 0 Å². The standard InChI is InChI=1S/C57H40N4/c1-2-12-37(13-3-1)43-31-44(33-45(32-43)61-54-21-11-10-16-46(54)47-28-29-58-36-55(47)61)41-24-26-52(59-34-41)53-27-25-42(35-60-53)57-50-19-8-6-17-48(50)56(49-18-7-9-20-51(49)57)40-23-22-38-14-4-5-15-39(38)30-40/h1-35,53,58,60H,36H2. The molecule has 1 unspecified atom stereocenters. The van der Waals surface area contributed by atoms with Crippen molar-refractivity contribution >= 4 is 54.9 Å². The number of benzene rings is 8. The number of pyridine rings is 1. The van der Waals surface area contributed by atoms with Crippen LogP contribution in [0.15, 0.2) is 207 Å². The lowest BCUT2D eigenvalue weighted by atomic mass is 9.85. The molecule has 12 rings (SSSR count). The lowest BCUT2D eigenvalue weighted by Crippen LogP contribution is -2.17. The summed E-state index contributed by atoms with van der Waals surface area (Å²) in [5.41, 5.74) is 15.3. The van der Waals surface area contributed by atoms with Gasteiger partial charge in [0.1, 0.15) is 0 Å². The van der Waals surface area contributed by atoms with Crippen molar-refractivity contribution in [3.05, 3.63) is 229 Å². The Labute approximate surface area is 354 Å². The Kier molecular flexibility index (Phi) is 8.27. The number of fused-ring (bicyclic) bond motifs is 6. The summed E-state index contributed by atoms with van der Waals surface area (Å²) in [7, 11) is 0. The summed E-state index contributed by atoms with van der Waals surface area (Å²) in [4.78, 5) is 5.09. The Morgan fingerprint density at radius 2 is 1.16 bits per heavy atom.